The summed E-state index contributed by atoms with van der Waals surface area (Å²) < 4.78 is 0. The third kappa shape index (κ3) is 5.52. The molecule has 1 aromatic rings. The van der Waals surface area contributed by atoms with Gasteiger partial charge in [0.2, 0.25) is 0 Å². The molecule has 0 radical (unpaired) electrons. The maximum Gasteiger partial charge on any atom is 0.0233 e. The lowest BCUT2D eigenvalue weighted by Gasteiger charge is -2.32. The Bertz CT molecular complexity index is 342. The fraction of sp³-hybridized carbons (Fsp3) is 0.625. The van der Waals surface area contributed by atoms with E-state index in [1.54, 1.807) is 0 Å². The minimum absolute atomic E-state index is 0. The van der Waals surface area contributed by atoms with Gasteiger partial charge in [-0.05, 0) is 64.3 Å². The van der Waals surface area contributed by atoms with Gasteiger partial charge in [-0.2, -0.15) is 0 Å². The number of piperidine rings is 1. The summed E-state index contributed by atoms with van der Waals surface area (Å²) in [5.41, 5.74) is 2.80. The van der Waals surface area contributed by atoms with Gasteiger partial charge in [-0.15, -0.1) is 12.4 Å². The Morgan fingerprint density at radius 1 is 1.16 bits per heavy atom. The Hall–Kier alpha value is -0.570. The highest BCUT2D eigenvalue weighted by atomic mass is 35.5. The molecule has 0 unspecified atom stereocenters. The molecule has 0 bridgehead atoms. The van der Waals surface area contributed by atoms with Crippen molar-refractivity contribution in [2.75, 3.05) is 26.7 Å². The number of nitrogens with one attached hydrogen (secondary N) is 1. The maximum absolute atomic E-state index is 3.26. The van der Waals surface area contributed by atoms with Gasteiger partial charge in [0.15, 0.2) is 0 Å². The topological polar surface area (TPSA) is 15.3 Å². The molecule has 0 aromatic heterocycles. The van der Waals surface area contributed by atoms with Crippen LogP contribution in [0.4, 0.5) is 0 Å². The van der Waals surface area contributed by atoms with Crippen LogP contribution in [0.25, 0.3) is 0 Å². The van der Waals surface area contributed by atoms with Crippen molar-refractivity contribution in [3.05, 3.63) is 35.4 Å². The van der Waals surface area contributed by atoms with Crippen molar-refractivity contribution < 1.29 is 0 Å². The highest BCUT2D eigenvalue weighted by Crippen LogP contribution is 2.21. The Kier molecular flexibility index (Phi) is 7.44. The first-order valence-electron chi connectivity index (χ1n) is 7.20. The van der Waals surface area contributed by atoms with Gasteiger partial charge in [-0.3, -0.25) is 4.90 Å². The lowest BCUT2D eigenvalue weighted by atomic mass is 9.93. The molecule has 1 aliphatic heterocycles. The van der Waals surface area contributed by atoms with Crippen LogP contribution in [-0.2, 0) is 6.54 Å². The maximum atomic E-state index is 3.26. The largest absolute Gasteiger partial charge is 0.320 e. The molecule has 108 valence electrons. The predicted octanol–water partition coefficient (Wildman–Crippen LogP) is 3.24. The molecule has 0 amide bonds. The zero-order valence-corrected chi connectivity index (χ0v) is 13.0. The van der Waals surface area contributed by atoms with E-state index in [0.29, 0.717) is 0 Å². The lowest BCUT2D eigenvalue weighted by Crippen LogP contribution is -2.34. The molecule has 2 rings (SSSR count). The van der Waals surface area contributed by atoms with Crippen LogP contribution in [-0.4, -0.2) is 31.6 Å². The zero-order chi connectivity index (χ0) is 12.8. The van der Waals surface area contributed by atoms with Crippen LogP contribution < -0.4 is 5.32 Å². The van der Waals surface area contributed by atoms with Gasteiger partial charge in [0, 0.05) is 6.54 Å². The van der Waals surface area contributed by atoms with Crippen LogP contribution in [0, 0.1) is 12.8 Å². The van der Waals surface area contributed by atoms with Crippen molar-refractivity contribution in [3.8, 4) is 0 Å². The van der Waals surface area contributed by atoms with Crippen LogP contribution >= 0.6 is 12.4 Å². The molecule has 0 aliphatic carbocycles. The molecule has 0 spiro atoms. The van der Waals surface area contributed by atoms with Crippen LogP contribution in [0.5, 0.6) is 0 Å². The minimum Gasteiger partial charge on any atom is -0.320 e. The van der Waals surface area contributed by atoms with Crippen molar-refractivity contribution in [1.82, 2.24) is 10.2 Å². The number of halogens is 1. The molecule has 0 saturated carbocycles. The van der Waals surface area contributed by atoms with Gasteiger partial charge in [-0.25, -0.2) is 0 Å². The Morgan fingerprint density at radius 3 is 2.37 bits per heavy atom. The van der Waals surface area contributed by atoms with E-state index in [1.807, 2.05) is 7.05 Å². The summed E-state index contributed by atoms with van der Waals surface area (Å²) in [6, 6.07) is 8.97. The van der Waals surface area contributed by atoms with Crippen molar-refractivity contribution in [1.29, 1.82) is 0 Å². The molecule has 19 heavy (non-hydrogen) atoms. The first-order valence-corrected chi connectivity index (χ1v) is 7.20. The number of hydrogen-bond donors (Lipinski definition) is 1. The second-order valence-electron chi connectivity index (χ2n) is 5.60. The zero-order valence-electron chi connectivity index (χ0n) is 12.2. The smallest absolute Gasteiger partial charge is 0.0233 e. The number of likely N-dealkylation sites (tertiary alicyclic amines) is 1. The third-order valence-electron chi connectivity index (χ3n) is 4.04. The Labute approximate surface area is 124 Å². The van der Waals surface area contributed by atoms with E-state index in [2.05, 4.69) is 41.4 Å². The average Bonchev–Trinajstić information content (AvgIpc) is 2.41. The Morgan fingerprint density at radius 2 is 1.79 bits per heavy atom. The standard InChI is InChI=1S/C16H26N2.ClH/c1-14-3-5-16(6-4-14)13-18-11-8-15(9-12-18)7-10-17-2;/h3-6,15,17H,7-13H2,1-2H3;1H. The fourth-order valence-electron chi connectivity index (χ4n) is 2.73. The van der Waals surface area contributed by atoms with E-state index in [-0.39, 0.29) is 12.4 Å². The number of aryl methyl sites for hydroxylation is 1. The minimum atomic E-state index is 0. The van der Waals surface area contributed by atoms with E-state index in [1.165, 1.54) is 50.0 Å². The van der Waals surface area contributed by atoms with Gasteiger partial charge >= 0.3 is 0 Å². The van der Waals surface area contributed by atoms with Crippen LogP contribution in [0.1, 0.15) is 30.4 Å². The van der Waals surface area contributed by atoms with Crippen LogP contribution in [0.2, 0.25) is 0 Å². The van der Waals surface area contributed by atoms with Crippen LogP contribution in [0.15, 0.2) is 24.3 Å². The van der Waals surface area contributed by atoms with E-state index in [0.717, 1.165) is 12.5 Å². The highest BCUT2D eigenvalue weighted by Gasteiger charge is 2.18. The number of benzene rings is 1. The van der Waals surface area contributed by atoms with Gasteiger partial charge in [0.25, 0.3) is 0 Å². The molecule has 1 fully saturated rings. The summed E-state index contributed by atoms with van der Waals surface area (Å²) in [6.45, 7) is 6.98. The van der Waals surface area contributed by atoms with Crippen molar-refractivity contribution >= 4 is 12.4 Å². The van der Waals surface area contributed by atoms with Crippen molar-refractivity contribution in [2.24, 2.45) is 5.92 Å². The fourth-order valence-corrected chi connectivity index (χ4v) is 2.73. The summed E-state index contributed by atoms with van der Waals surface area (Å²) in [7, 11) is 2.05. The van der Waals surface area contributed by atoms with E-state index in [9.17, 15) is 0 Å². The molecule has 0 atom stereocenters. The molecule has 2 nitrogen and oxygen atoms in total. The second-order valence-corrected chi connectivity index (χ2v) is 5.60. The van der Waals surface area contributed by atoms with Gasteiger partial charge in [0.05, 0.1) is 0 Å². The monoisotopic (exact) mass is 282 g/mol. The van der Waals surface area contributed by atoms with Gasteiger partial charge in [0.1, 0.15) is 0 Å². The normalized spacial score (nSPS) is 17.2. The molecule has 1 saturated heterocycles. The molecular weight excluding hydrogens is 256 g/mol. The first-order chi connectivity index (χ1) is 8.78. The second kappa shape index (κ2) is 8.57. The summed E-state index contributed by atoms with van der Waals surface area (Å²) >= 11 is 0. The number of rotatable bonds is 5. The van der Waals surface area contributed by atoms with Crippen molar-refractivity contribution in [3.63, 3.8) is 0 Å². The van der Waals surface area contributed by atoms with E-state index >= 15 is 0 Å². The summed E-state index contributed by atoms with van der Waals surface area (Å²) in [5, 5.41) is 3.26. The number of nitrogens with zero attached hydrogens (tertiary/aromatic N) is 1. The van der Waals surface area contributed by atoms with Gasteiger partial charge < -0.3 is 5.32 Å². The van der Waals surface area contributed by atoms with Crippen LogP contribution in [0.3, 0.4) is 0 Å². The predicted molar refractivity (Wildman–Crippen MR) is 85.0 cm³/mol. The molecule has 1 aromatic carbocycles. The quantitative estimate of drug-likeness (QED) is 0.892. The molecule has 3 heteroatoms. The van der Waals surface area contributed by atoms with E-state index < -0.39 is 0 Å². The Balaban J connectivity index is 0.00000180. The molecule has 1 N–H and O–H groups in total. The van der Waals surface area contributed by atoms with E-state index in [4.69, 9.17) is 0 Å². The molecule has 1 aliphatic rings. The average molecular weight is 283 g/mol. The summed E-state index contributed by atoms with van der Waals surface area (Å²) in [5.74, 6) is 0.937. The summed E-state index contributed by atoms with van der Waals surface area (Å²) in [4.78, 5) is 2.60. The third-order valence-corrected chi connectivity index (χ3v) is 4.04. The highest BCUT2D eigenvalue weighted by molar-refractivity contribution is 5.85. The van der Waals surface area contributed by atoms with Gasteiger partial charge in [-0.1, -0.05) is 29.8 Å². The molecular formula is C16H27ClN2. The lowest BCUT2D eigenvalue weighted by molar-refractivity contribution is 0.172. The molecule has 1 heterocycles. The summed E-state index contributed by atoms with van der Waals surface area (Å²) in [6.07, 6.45) is 4.08. The SMILES string of the molecule is CNCCC1CCN(Cc2ccc(C)cc2)CC1.Cl. The first kappa shape index (κ1) is 16.5. The van der Waals surface area contributed by atoms with Crippen molar-refractivity contribution in [2.45, 2.75) is 32.7 Å². The number of hydrogen-bond acceptors (Lipinski definition) is 2.